The van der Waals surface area contributed by atoms with Gasteiger partial charge in [0.05, 0.1) is 29.5 Å². The molecule has 0 saturated heterocycles. The highest BCUT2D eigenvalue weighted by atomic mass is 19.1. The maximum Gasteiger partial charge on any atom is 0.258 e. The summed E-state index contributed by atoms with van der Waals surface area (Å²) >= 11 is 0. The number of fused-ring (bicyclic) bond motifs is 1. The van der Waals surface area contributed by atoms with Crippen LogP contribution in [0.2, 0.25) is 0 Å². The molecule has 7 heteroatoms. The molecular formula is C21H25F2N3O2. The molecule has 1 aliphatic rings. The topological polar surface area (TPSA) is 55.3 Å². The number of carbonyl (C=O) groups excluding carboxylic acids is 1. The van der Waals surface area contributed by atoms with Crippen LogP contribution in [-0.4, -0.2) is 35.3 Å². The molecule has 0 N–H and O–H groups in total. The Morgan fingerprint density at radius 2 is 1.82 bits per heavy atom. The minimum absolute atomic E-state index is 0.0363. The number of hydroxylamine groups is 2. The smallest absolute Gasteiger partial charge is 0.258 e. The minimum atomic E-state index is -0.993. The standard InChI is InChI=1S/C21H25F2N3O2/c1-7-13-12-11-16(17-14(22)9-8-10-15(17)23)24-25-18(12)21(4,20(13,2)3)19(27)26(5)28-6/h8-11,13H,7H2,1-6H3/t13-,21?/m1/s1. The quantitative estimate of drug-likeness (QED) is 0.735. The van der Waals surface area contributed by atoms with Gasteiger partial charge in [-0.2, -0.15) is 5.10 Å². The van der Waals surface area contributed by atoms with E-state index in [1.54, 1.807) is 13.1 Å². The van der Waals surface area contributed by atoms with Crippen LogP contribution in [0.5, 0.6) is 0 Å². The summed E-state index contributed by atoms with van der Waals surface area (Å²) in [7, 11) is 2.98. The van der Waals surface area contributed by atoms with Gasteiger partial charge >= 0.3 is 0 Å². The molecule has 1 aromatic carbocycles. The molecule has 1 amide bonds. The first-order valence-corrected chi connectivity index (χ1v) is 9.26. The van der Waals surface area contributed by atoms with Crippen molar-refractivity contribution >= 4 is 5.91 Å². The van der Waals surface area contributed by atoms with Gasteiger partial charge in [-0.15, -0.1) is 5.10 Å². The van der Waals surface area contributed by atoms with E-state index < -0.39 is 22.5 Å². The van der Waals surface area contributed by atoms with Gasteiger partial charge < -0.3 is 0 Å². The zero-order chi connectivity index (χ0) is 20.9. The molecule has 150 valence electrons. The number of halogens is 2. The Morgan fingerprint density at radius 3 is 2.36 bits per heavy atom. The van der Waals surface area contributed by atoms with Crippen molar-refractivity contribution in [3.8, 4) is 11.3 Å². The van der Waals surface area contributed by atoms with Gasteiger partial charge in [0, 0.05) is 7.05 Å². The number of rotatable bonds is 4. The van der Waals surface area contributed by atoms with Gasteiger partial charge in [-0.25, -0.2) is 13.8 Å². The van der Waals surface area contributed by atoms with Gasteiger partial charge in [0.2, 0.25) is 0 Å². The van der Waals surface area contributed by atoms with Crippen molar-refractivity contribution in [2.45, 2.75) is 45.4 Å². The van der Waals surface area contributed by atoms with Crippen LogP contribution in [0.15, 0.2) is 24.3 Å². The number of aromatic nitrogens is 2. The first-order valence-electron chi connectivity index (χ1n) is 9.26. The molecule has 5 nitrogen and oxygen atoms in total. The van der Waals surface area contributed by atoms with Crippen molar-refractivity contribution < 1.29 is 18.4 Å². The van der Waals surface area contributed by atoms with Crippen LogP contribution in [0.4, 0.5) is 8.78 Å². The molecule has 0 spiro atoms. The lowest BCUT2D eigenvalue weighted by Gasteiger charge is -2.41. The molecule has 1 unspecified atom stereocenters. The van der Waals surface area contributed by atoms with Gasteiger partial charge in [-0.3, -0.25) is 9.63 Å². The Kier molecular flexibility index (Phi) is 5.00. The molecule has 0 radical (unpaired) electrons. The molecule has 0 aliphatic heterocycles. The summed E-state index contributed by atoms with van der Waals surface area (Å²) in [4.78, 5) is 18.3. The second-order valence-electron chi connectivity index (χ2n) is 7.92. The maximum atomic E-state index is 14.3. The molecule has 3 rings (SSSR count). The molecular weight excluding hydrogens is 364 g/mol. The lowest BCUT2D eigenvalue weighted by molar-refractivity contribution is -0.179. The predicted molar refractivity (Wildman–Crippen MR) is 101 cm³/mol. The fourth-order valence-corrected chi connectivity index (χ4v) is 4.47. The lowest BCUT2D eigenvalue weighted by atomic mass is 9.63. The maximum absolute atomic E-state index is 14.3. The van der Waals surface area contributed by atoms with Gasteiger partial charge in [-0.05, 0) is 48.4 Å². The Bertz CT molecular complexity index is 912. The Morgan fingerprint density at radius 1 is 1.21 bits per heavy atom. The number of hydrogen-bond donors (Lipinski definition) is 0. The van der Waals surface area contributed by atoms with E-state index in [0.717, 1.165) is 12.0 Å². The van der Waals surface area contributed by atoms with Crippen LogP contribution in [0.25, 0.3) is 11.3 Å². The second-order valence-corrected chi connectivity index (χ2v) is 7.92. The highest BCUT2D eigenvalue weighted by Gasteiger charge is 2.61. The van der Waals surface area contributed by atoms with Crippen molar-refractivity contribution in [3.63, 3.8) is 0 Å². The number of benzene rings is 1. The van der Waals surface area contributed by atoms with Crippen LogP contribution in [-0.2, 0) is 15.0 Å². The highest BCUT2D eigenvalue weighted by molar-refractivity contribution is 5.89. The molecule has 1 aliphatic carbocycles. The first-order chi connectivity index (χ1) is 13.1. The van der Waals surface area contributed by atoms with Crippen LogP contribution in [0.1, 0.15) is 51.3 Å². The van der Waals surface area contributed by atoms with Crippen molar-refractivity contribution in [2.24, 2.45) is 5.41 Å². The summed E-state index contributed by atoms with van der Waals surface area (Å²) in [6.45, 7) is 7.87. The van der Waals surface area contributed by atoms with E-state index in [9.17, 15) is 13.6 Å². The fourth-order valence-electron chi connectivity index (χ4n) is 4.47. The van der Waals surface area contributed by atoms with Crippen molar-refractivity contribution in [2.75, 3.05) is 14.2 Å². The highest BCUT2D eigenvalue weighted by Crippen LogP contribution is 2.59. The van der Waals surface area contributed by atoms with Gasteiger partial charge in [0.15, 0.2) is 0 Å². The van der Waals surface area contributed by atoms with Crippen LogP contribution in [0.3, 0.4) is 0 Å². The molecule has 2 aromatic rings. The summed E-state index contributed by atoms with van der Waals surface area (Å²) in [5.74, 6) is -1.67. The average molecular weight is 389 g/mol. The summed E-state index contributed by atoms with van der Waals surface area (Å²) in [6.07, 6.45) is 0.741. The third kappa shape index (κ3) is 2.64. The molecule has 2 atom stereocenters. The summed E-state index contributed by atoms with van der Waals surface area (Å²) < 4.78 is 28.5. The van der Waals surface area contributed by atoms with E-state index in [4.69, 9.17) is 4.84 Å². The largest absolute Gasteiger partial charge is 0.275 e. The van der Waals surface area contributed by atoms with Crippen LogP contribution < -0.4 is 0 Å². The van der Waals surface area contributed by atoms with Gasteiger partial charge in [0.1, 0.15) is 11.6 Å². The number of carbonyl (C=O) groups is 1. The van der Waals surface area contributed by atoms with E-state index >= 15 is 0 Å². The van der Waals surface area contributed by atoms with Crippen molar-refractivity contribution in [3.05, 3.63) is 47.2 Å². The van der Waals surface area contributed by atoms with E-state index in [1.165, 1.54) is 30.4 Å². The third-order valence-electron chi connectivity index (χ3n) is 6.45. The van der Waals surface area contributed by atoms with E-state index in [0.29, 0.717) is 5.69 Å². The molecule has 0 fully saturated rings. The predicted octanol–water partition coefficient (Wildman–Crippen LogP) is 4.23. The van der Waals surface area contributed by atoms with Crippen LogP contribution >= 0.6 is 0 Å². The molecule has 0 bridgehead atoms. The van der Waals surface area contributed by atoms with Gasteiger partial charge in [0.25, 0.3) is 5.91 Å². The van der Waals surface area contributed by atoms with Crippen molar-refractivity contribution in [1.82, 2.24) is 15.3 Å². The van der Waals surface area contributed by atoms with Crippen molar-refractivity contribution in [1.29, 1.82) is 0 Å². The monoisotopic (exact) mass is 389 g/mol. The van der Waals surface area contributed by atoms with Crippen LogP contribution in [0, 0.1) is 17.0 Å². The SMILES string of the molecule is CC[C@@H]1c2cc(-c3c(F)cccc3F)nnc2C(C)(C(=O)N(C)OC)C1(C)C. The van der Waals surface area contributed by atoms with E-state index in [1.807, 2.05) is 27.7 Å². The third-order valence-corrected chi connectivity index (χ3v) is 6.45. The second kappa shape index (κ2) is 6.88. The van der Waals surface area contributed by atoms with E-state index in [-0.39, 0.29) is 23.1 Å². The zero-order valence-electron chi connectivity index (χ0n) is 17.0. The molecule has 0 saturated carbocycles. The van der Waals surface area contributed by atoms with Gasteiger partial charge in [-0.1, -0.05) is 26.8 Å². The summed E-state index contributed by atoms with van der Waals surface area (Å²) in [6, 6.07) is 5.36. The number of likely N-dealkylation sites (N-methyl/N-ethyl adjacent to an activating group) is 1. The molecule has 28 heavy (non-hydrogen) atoms. The van der Waals surface area contributed by atoms with E-state index in [2.05, 4.69) is 10.2 Å². The normalized spacial score (nSPS) is 22.8. The number of amides is 1. The summed E-state index contributed by atoms with van der Waals surface area (Å²) in [5, 5.41) is 9.60. The Labute approximate surface area is 163 Å². The first kappa shape index (κ1) is 20.3. The number of hydrogen-bond acceptors (Lipinski definition) is 4. The fraction of sp³-hybridized carbons (Fsp3) is 0.476. The molecule has 1 aromatic heterocycles. The Hall–Kier alpha value is -2.41. The Balaban J connectivity index is 2.24. The average Bonchev–Trinajstić information content (AvgIpc) is 2.83. The minimum Gasteiger partial charge on any atom is -0.275 e. The zero-order valence-corrected chi connectivity index (χ0v) is 17.0. The number of nitrogens with zero attached hydrogens (tertiary/aromatic N) is 3. The lowest BCUT2D eigenvalue weighted by Crippen LogP contribution is -2.51. The molecule has 1 heterocycles. The summed E-state index contributed by atoms with van der Waals surface area (Å²) in [5.41, 5.74) is -0.263.